The molecule has 0 spiro atoms. The number of likely N-dealkylation sites (N-methyl/N-ethyl adjacent to an activating group) is 1. The van der Waals surface area contributed by atoms with E-state index in [2.05, 4.69) is 6.92 Å². The Bertz CT molecular complexity index is 361. The van der Waals surface area contributed by atoms with E-state index in [9.17, 15) is 4.79 Å². The molecule has 1 aromatic carbocycles. The summed E-state index contributed by atoms with van der Waals surface area (Å²) in [5.74, 6) is 0.0746. The molecule has 0 aliphatic rings. The predicted molar refractivity (Wildman–Crippen MR) is 68.1 cm³/mol. The topological polar surface area (TPSA) is 20.3 Å². The number of nitrogens with zero attached hydrogens (tertiary/aromatic N) is 1. The number of hydrogen-bond donors (Lipinski definition) is 0. The zero-order valence-electron chi connectivity index (χ0n) is 10.2. The number of aryl methyl sites for hydroxylation is 1. The van der Waals surface area contributed by atoms with Gasteiger partial charge in [0.25, 0.3) is 0 Å². The van der Waals surface area contributed by atoms with Crippen LogP contribution in [0.2, 0.25) is 0 Å². The van der Waals surface area contributed by atoms with Crippen LogP contribution in [-0.4, -0.2) is 23.9 Å². The highest BCUT2D eigenvalue weighted by atomic mass is 16.2. The number of carbonyl (C=O) groups is 1. The molecule has 0 unspecified atom stereocenters. The highest BCUT2D eigenvalue weighted by molar-refractivity contribution is 5.91. The van der Waals surface area contributed by atoms with Gasteiger partial charge in [-0.15, -0.1) is 0 Å². The maximum absolute atomic E-state index is 11.7. The van der Waals surface area contributed by atoms with Gasteiger partial charge >= 0.3 is 0 Å². The van der Waals surface area contributed by atoms with Crippen molar-refractivity contribution in [3.05, 3.63) is 41.5 Å². The highest BCUT2D eigenvalue weighted by Crippen LogP contribution is 2.05. The van der Waals surface area contributed by atoms with E-state index < -0.39 is 0 Å². The third kappa shape index (κ3) is 3.54. The molecule has 2 heteroatoms. The Balaban J connectivity index is 2.66. The first-order valence-corrected chi connectivity index (χ1v) is 5.71. The minimum Gasteiger partial charge on any atom is -0.340 e. The number of amides is 1. The van der Waals surface area contributed by atoms with Gasteiger partial charge in [-0.2, -0.15) is 0 Å². The molecule has 86 valence electrons. The number of benzene rings is 1. The molecule has 1 amide bonds. The van der Waals surface area contributed by atoms with Crippen LogP contribution >= 0.6 is 0 Å². The van der Waals surface area contributed by atoms with E-state index in [-0.39, 0.29) is 5.91 Å². The first kappa shape index (κ1) is 12.5. The third-order valence-corrected chi connectivity index (χ3v) is 2.57. The van der Waals surface area contributed by atoms with Gasteiger partial charge in [-0.25, -0.2) is 0 Å². The Labute approximate surface area is 97.6 Å². The zero-order valence-corrected chi connectivity index (χ0v) is 10.2. The van der Waals surface area contributed by atoms with E-state index in [1.165, 1.54) is 5.56 Å². The molecule has 0 N–H and O–H groups in total. The third-order valence-electron chi connectivity index (χ3n) is 2.57. The Morgan fingerprint density at radius 3 is 2.25 bits per heavy atom. The average Bonchev–Trinajstić information content (AvgIpc) is 2.30. The molecule has 0 atom stereocenters. The largest absolute Gasteiger partial charge is 0.340 e. The van der Waals surface area contributed by atoms with Crippen LogP contribution in [-0.2, 0) is 4.79 Å². The summed E-state index contributed by atoms with van der Waals surface area (Å²) in [6, 6.07) is 8.12. The van der Waals surface area contributed by atoms with Crippen molar-refractivity contribution in [1.82, 2.24) is 4.90 Å². The number of rotatable bonds is 4. The normalized spacial score (nSPS) is 10.7. The molecule has 16 heavy (non-hydrogen) atoms. The van der Waals surface area contributed by atoms with Crippen LogP contribution in [0.25, 0.3) is 6.08 Å². The van der Waals surface area contributed by atoms with E-state index in [4.69, 9.17) is 0 Å². The summed E-state index contributed by atoms with van der Waals surface area (Å²) in [5, 5.41) is 0. The maximum Gasteiger partial charge on any atom is 0.246 e. The van der Waals surface area contributed by atoms with E-state index in [0.717, 1.165) is 18.7 Å². The van der Waals surface area contributed by atoms with Crippen LogP contribution in [0.4, 0.5) is 0 Å². The Kier molecular flexibility index (Phi) is 4.77. The first-order valence-electron chi connectivity index (χ1n) is 5.71. The van der Waals surface area contributed by atoms with Crippen LogP contribution in [0.3, 0.4) is 0 Å². The first-order chi connectivity index (χ1) is 7.67. The Morgan fingerprint density at radius 1 is 1.19 bits per heavy atom. The van der Waals surface area contributed by atoms with Gasteiger partial charge in [0.2, 0.25) is 5.91 Å². The summed E-state index contributed by atoms with van der Waals surface area (Å²) in [7, 11) is 0. The molecule has 1 aromatic rings. The molecule has 0 radical (unpaired) electrons. The van der Waals surface area contributed by atoms with E-state index in [1.54, 1.807) is 11.0 Å². The summed E-state index contributed by atoms with van der Waals surface area (Å²) >= 11 is 0. The quantitative estimate of drug-likeness (QED) is 0.710. The van der Waals surface area contributed by atoms with Gasteiger partial charge in [0, 0.05) is 19.2 Å². The molecule has 1 rings (SSSR count). The van der Waals surface area contributed by atoms with Gasteiger partial charge in [-0.1, -0.05) is 29.8 Å². The van der Waals surface area contributed by atoms with E-state index >= 15 is 0 Å². The molecule has 0 aliphatic heterocycles. The fraction of sp³-hybridized carbons (Fsp3) is 0.357. The van der Waals surface area contributed by atoms with Crippen molar-refractivity contribution in [1.29, 1.82) is 0 Å². The second kappa shape index (κ2) is 6.11. The van der Waals surface area contributed by atoms with Gasteiger partial charge in [0.05, 0.1) is 0 Å². The zero-order chi connectivity index (χ0) is 12.0. The summed E-state index contributed by atoms with van der Waals surface area (Å²) in [5.41, 5.74) is 2.29. The van der Waals surface area contributed by atoms with Crippen molar-refractivity contribution in [3.8, 4) is 0 Å². The lowest BCUT2D eigenvalue weighted by Gasteiger charge is -2.15. The Hall–Kier alpha value is -1.57. The SMILES string of the molecule is CCN(CC)C(=O)C=Cc1ccc(C)cc1. The highest BCUT2D eigenvalue weighted by Gasteiger charge is 2.03. The lowest BCUT2D eigenvalue weighted by atomic mass is 10.1. The minimum atomic E-state index is 0.0746. The fourth-order valence-corrected chi connectivity index (χ4v) is 1.49. The van der Waals surface area contributed by atoms with E-state index in [0.29, 0.717) is 0 Å². The second-order valence-electron chi connectivity index (χ2n) is 3.75. The summed E-state index contributed by atoms with van der Waals surface area (Å²) in [4.78, 5) is 13.5. The molecule has 0 bridgehead atoms. The number of hydrogen-bond acceptors (Lipinski definition) is 1. The van der Waals surface area contributed by atoms with E-state index in [1.807, 2.05) is 44.2 Å². The molecule has 0 aliphatic carbocycles. The summed E-state index contributed by atoms with van der Waals surface area (Å²) < 4.78 is 0. The lowest BCUT2D eigenvalue weighted by Crippen LogP contribution is -2.28. The van der Waals surface area contributed by atoms with Crippen LogP contribution in [0.5, 0.6) is 0 Å². The smallest absolute Gasteiger partial charge is 0.246 e. The number of carbonyl (C=O) groups excluding carboxylic acids is 1. The van der Waals surface area contributed by atoms with Gasteiger partial charge in [-0.3, -0.25) is 4.79 Å². The molecular weight excluding hydrogens is 198 g/mol. The Morgan fingerprint density at radius 2 is 1.75 bits per heavy atom. The van der Waals surface area contributed by atoms with Crippen LogP contribution < -0.4 is 0 Å². The van der Waals surface area contributed by atoms with Gasteiger partial charge in [0.1, 0.15) is 0 Å². The lowest BCUT2D eigenvalue weighted by molar-refractivity contribution is -0.125. The monoisotopic (exact) mass is 217 g/mol. The minimum absolute atomic E-state index is 0.0746. The van der Waals surface area contributed by atoms with Crippen molar-refractivity contribution >= 4 is 12.0 Å². The molecule has 0 saturated carbocycles. The van der Waals surface area contributed by atoms with Crippen LogP contribution in [0.1, 0.15) is 25.0 Å². The average molecular weight is 217 g/mol. The fourth-order valence-electron chi connectivity index (χ4n) is 1.49. The van der Waals surface area contributed by atoms with Crippen molar-refractivity contribution in [2.24, 2.45) is 0 Å². The molecule has 0 saturated heterocycles. The summed E-state index contributed by atoms with van der Waals surface area (Å²) in [6.45, 7) is 7.54. The van der Waals surface area contributed by atoms with Gasteiger partial charge < -0.3 is 4.90 Å². The molecular formula is C14H19NO. The van der Waals surface area contributed by atoms with Gasteiger partial charge in [0.15, 0.2) is 0 Å². The van der Waals surface area contributed by atoms with Crippen molar-refractivity contribution in [2.75, 3.05) is 13.1 Å². The second-order valence-corrected chi connectivity index (χ2v) is 3.75. The van der Waals surface area contributed by atoms with Crippen LogP contribution in [0, 0.1) is 6.92 Å². The molecule has 0 aromatic heterocycles. The summed E-state index contributed by atoms with van der Waals surface area (Å²) in [6.07, 6.45) is 3.50. The van der Waals surface area contributed by atoms with Crippen LogP contribution in [0.15, 0.2) is 30.3 Å². The molecule has 0 fully saturated rings. The van der Waals surface area contributed by atoms with Crippen molar-refractivity contribution in [2.45, 2.75) is 20.8 Å². The van der Waals surface area contributed by atoms with Crippen molar-refractivity contribution < 1.29 is 4.79 Å². The molecule has 2 nitrogen and oxygen atoms in total. The van der Waals surface area contributed by atoms with Crippen molar-refractivity contribution in [3.63, 3.8) is 0 Å². The molecule has 0 heterocycles. The standard InChI is InChI=1S/C14H19NO/c1-4-15(5-2)14(16)11-10-13-8-6-12(3)7-9-13/h6-11H,4-5H2,1-3H3. The predicted octanol–water partition coefficient (Wildman–Crippen LogP) is 2.88. The van der Waals surface area contributed by atoms with Gasteiger partial charge in [-0.05, 0) is 32.4 Å². The maximum atomic E-state index is 11.7.